The van der Waals surface area contributed by atoms with Crippen molar-refractivity contribution in [2.75, 3.05) is 6.67 Å². The first kappa shape index (κ1) is 11.9. The summed E-state index contributed by atoms with van der Waals surface area (Å²) < 4.78 is 24.3. The van der Waals surface area contributed by atoms with Crippen LogP contribution in [0.1, 0.15) is 51.9 Å². The molecule has 0 aliphatic heterocycles. The first-order valence-electron chi connectivity index (χ1n) is 5.01. The number of alkyl halides is 2. The van der Waals surface area contributed by atoms with E-state index >= 15 is 0 Å². The molecule has 0 spiro atoms. The molecule has 0 aliphatic rings. The van der Waals surface area contributed by atoms with Gasteiger partial charge in [-0.1, -0.05) is 39.0 Å². The van der Waals surface area contributed by atoms with Crippen LogP contribution in [0.25, 0.3) is 0 Å². The van der Waals surface area contributed by atoms with Gasteiger partial charge in [0, 0.05) is 6.42 Å². The summed E-state index contributed by atoms with van der Waals surface area (Å²) in [6, 6.07) is 0. The van der Waals surface area contributed by atoms with E-state index in [1.54, 1.807) is 0 Å². The van der Waals surface area contributed by atoms with E-state index in [9.17, 15) is 8.78 Å². The molecule has 74 valence electrons. The predicted octanol–water partition coefficient (Wildman–Crippen LogP) is 4.04. The Morgan fingerprint density at radius 2 is 1.67 bits per heavy atom. The van der Waals surface area contributed by atoms with E-state index in [0.29, 0.717) is 6.42 Å². The fourth-order valence-corrected chi connectivity index (χ4v) is 1.23. The SMILES string of the molecule is CCCCCCCC(F)CCF. The second-order valence-electron chi connectivity index (χ2n) is 3.28. The van der Waals surface area contributed by atoms with Crippen LogP contribution in [0, 0.1) is 0 Å². The molecule has 0 saturated carbocycles. The Morgan fingerprint density at radius 3 is 2.25 bits per heavy atom. The molecule has 0 aromatic rings. The Labute approximate surface area is 74.4 Å². The van der Waals surface area contributed by atoms with Gasteiger partial charge in [0.25, 0.3) is 0 Å². The van der Waals surface area contributed by atoms with Crippen molar-refractivity contribution >= 4 is 0 Å². The molecule has 0 bridgehead atoms. The molecule has 0 amide bonds. The Morgan fingerprint density at radius 1 is 1.00 bits per heavy atom. The van der Waals surface area contributed by atoms with Crippen molar-refractivity contribution in [3.63, 3.8) is 0 Å². The van der Waals surface area contributed by atoms with E-state index in [1.165, 1.54) is 19.3 Å². The van der Waals surface area contributed by atoms with Crippen LogP contribution >= 0.6 is 0 Å². The molecule has 1 unspecified atom stereocenters. The van der Waals surface area contributed by atoms with E-state index in [-0.39, 0.29) is 6.42 Å². The van der Waals surface area contributed by atoms with Gasteiger partial charge in [0.05, 0.1) is 6.67 Å². The number of halogens is 2. The van der Waals surface area contributed by atoms with Crippen LogP contribution in [0.2, 0.25) is 0 Å². The molecule has 0 fully saturated rings. The number of rotatable bonds is 8. The number of unbranched alkanes of at least 4 members (excludes halogenated alkanes) is 4. The highest BCUT2D eigenvalue weighted by atomic mass is 19.1. The molecule has 1 atom stereocenters. The van der Waals surface area contributed by atoms with Gasteiger partial charge in [0.15, 0.2) is 0 Å². The van der Waals surface area contributed by atoms with Gasteiger partial charge in [0.2, 0.25) is 0 Å². The van der Waals surface area contributed by atoms with Gasteiger partial charge in [-0.15, -0.1) is 0 Å². The molecule has 0 heterocycles. The lowest BCUT2D eigenvalue weighted by Crippen LogP contribution is -2.00. The van der Waals surface area contributed by atoms with Crippen molar-refractivity contribution in [3.05, 3.63) is 0 Å². The maximum absolute atomic E-state index is 12.7. The fourth-order valence-electron chi connectivity index (χ4n) is 1.23. The quantitative estimate of drug-likeness (QED) is 0.492. The molecular formula is C10H20F2. The highest BCUT2D eigenvalue weighted by Gasteiger charge is 2.04. The average molecular weight is 178 g/mol. The molecule has 0 saturated heterocycles. The van der Waals surface area contributed by atoms with Crippen LogP contribution in [0.3, 0.4) is 0 Å². The number of hydrogen-bond acceptors (Lipinski definition) is 0. The first-order valence-corrected chi connectivity index (χ1v) is 5.01. The molecule has 0 aromatic carbocycles. The molecular weight excluding hydrogens is 158 g/mol. The molecule has 2 heteroatoms. The van der Waals surface area contributed by atoms with Crippen molar-refractivity contribution in [2.24, 2.45) is 0 Å². The maximum atomic E-state index is 12.7. The second kappa shape index (κ2) is 8.95. The van der Waals surface area contributed by atoms with Crippen LogP contribution in [-0.2, 0) is 0 Å². The van der Waals surface area contributed by atoms with E-state index in [4.69, 9.17) is 0 Å². The molecule has 0 nitrogen and oxygen atoms in total. The Hall–Kier alpha value is -0.140. The smallest absolute Gasteiger partial charge is 0.103 e. The zero-order valence-electron chi connectivity index (χ0n) is 7.99. The molecule has 0 N–H and O–H groups in total. The van der Waals surface area contributed by atoms with Gasteiger partial charge in [0.1, 0.15) is 6.17 Å². The summed E-state index contributed by atoms with van der Waals surface area (Å²) >= 11 is 0. The largest absolute Gasteiger partial charge is 0.251 e. The van der Waals surface area contributed by atoms with Crippen LogP contribution < -0.4 is 0 Å². The summed E-state index contributed by atoms with van der Waals surface area (Å²) in [5, 5.41) is 0. The Kier molecular flexibility index (Phi) is 8.85. The third-order valence-electron chi connectivity index (χ3n) is 2.04. The van der Waals surface area contributed by atoms with Gasteiger partial charge >= 0.3 is 0 Å². The molecule has 0 aromatic heterocycles. The topological polar surface area (TPSA) is 0 Å². The van der Waals surface area contributed by atoms with E-state index in [0.717, 1.165) is 12.8 Å². The minimum Gasteiger partial charge on any atom is -0.251 e. The lowest BCUT2D eigenvalue weighted by atomic mass is 10.1. The lowest BCUT2D eigenvalue weighted by molar-refractivity contribution is 0.262. The molecule has 12 heavy (non-hydrogen) atoms. The third-order valence-corrected chi connectivity index (χ3v) is 2.04. The summed E-state index contributed by atoms with van der Waals surface area (Å²) in [6.07, 6.45) is 5.39. The van der Waals surface area contributed by atoms with E-state index < -0.39 is 12.8 Å². The van der Waals surface area contributed by atoms with Gasteiger partial charge in [-0.2, -0.15) is 0 Å². The highest BCUT2D eigenvalue weighted by Crippen LogP contribution is 2.11. The van der Waals surface area contributed by atoms with Crippen LogP contribution in [0.4, 0.5) is 8.78 Å². The molecule has 0 aliphatic carbocycles. The molecule has 0 rings (SSSR count). The summed E-state index contributed by atoms with van der Waals surface area (Å²) in [6.45, 7) is 1.64. The second-order valence-corrected chi connectivity index (χ2v) is 3.28. The van der Waals surface area contributed by atoms with Crippen LogP contribution in [0.15, 0.2) is 0 Å². The fraction of sp³-hybridized carbons (Fsp3) is 1.00. The van der Waals surface area contributed by atoms with Crippen molar-refractivity contribution in [1.82, 2.24) is 0 Å². The third kappa shape index (κ3) is 7.96. The summed E-state index contributed by atoms with van der Waals surface area (Å²) in [7, 11) is 0. The van der Waals surface area contributed by atoms with Crippen molar-refractivity contribution in [2.45, 2.75) is 58.0 Å². The summed E-state index contributed by atoms with van der Waals surface area (Å²) in [5.74, 6) is 0. The summed E-state index contributed by atoms with van der Waals surface area (Å²) in [5.41, 5.74) is 0. The van der Waals surface area contributed by atoms with Crippen molar-refractivity contribution in [3.8, 4) is 0 Å². The Balaban J connectivity index is 2.97. The van der Waals surface area contributed by atoms with Crippen LogP contribution in [-0.4, -0.2) is 12.8 Å². The lowest BCUT2D eigenvalue weighted by Gasteiger charge is -2.04. The van der Waals surface area contributed by atoms with Crippen molar-refractivity contribution < 1.29 is 8.78 Å². The monoisotopic (exact) mass is 178 g/mol. The van der Waals surface area contributed by atoms with E-state index in [2.05, 4.69) is 6.92 Å². The number of hydrogen-bond donors (Lipinski definition) is 0. The highest BCUT2D eigenvalue weighted by molar-refractivity contribution is 4.55. The van der Waals surface area contributed by atoms with Gasteiger partial charge < -0.3 is 0 Å². The van der Waals surface area contributed by atoms with Crippen molar-refractivity contribution in [1.29, 1.82) is 0 Å². The average Bonchev–Trinajstić information content (AvgIpc) is 2.05. The summed E-state index contributed by atoms with van der Waals surface area (Å²) in [4.78, 5) is 0. The van der Waals surface area contributed by atoms with Gasteiger partial charge in [-0.25, -0.2) is 4.39 Å². The minimum absolute atomic E-state index is 0.0910. The standard InChI is InChI=1S/C10H20F2/c1-2-3-4-5-6-7-10(12)8-9-11/h10H,2-9H2,1H3. The Bertz CT molecular complexity index is 83.9. The van der Waals surface area contributed by atoms with E-state index in [1.807, 2.05) is 0 Å². The zero-order chi connectivity index (χ0) is 9.23. The first-order chi connectivity index (χ1) is 5.81. The van der Waals surface area contributed by atoms with Crippen LogP contribution in [0.5, 0.6) is 0 Å². The van der Waals surface area contributed by atoms with Gasteiger partial charge in [-0.3, -0.25) is 4.39 Å². The normalized spacial score (nSPS) is 13.2. The maximum Gasteiger partial charge on any atom is 0.103 e. The zero-order valence-corrected chi connectivity index (χ0v) is 7.99. The predicted molar refractivity (Wildman–Crippen MR) is 48.9 cm³/mol. The molecule has 0 radical (unpaired) electrons. The van der Waals surface area contributed by atoms with Gasteiger partial charge in [-0.05, 0) is 6.42 Å². The minimum atomic E-state index is -0.906.